The minimum Gasteiger partial charge on any atom is -0.484 e. The third-order valence-electron chi connectivity index (χ3n) is 3.49. The number of carbonyl (C=O) groups is 1. The molecule has 0 radical (unpaired) electrons. The lowest BCUT2D eigenvalue weighted by Crippen LogP contribution is -2.11. The van der Waals surface area contributed by atoms with Crippen LogP contribution in [0.25, 0.3) is 11.1 Å². The molecule has 3 rings (SSSR count). The van der Waals surface area contributed by atoms with Crippen LogP contribution in [0.15, 0.2) is 78.9 Å². The molecule has 0 saturated carbocycles. The highest BCUT2D eigenvalue weighted by Gasteiger charge is 2.09. The lowest BCUT2D eigenvalue weighted by atomic mass is 10.1. The van der Waals surface area contributed by atoms with E-state index in [-0.39, 0.29) is 12.4 Å². The van der Waals surface area contributed by atoms with Crippen LogP contribution in [0.5, 0.6) is 5.75 Å². The minimum atomic E-state index is -0.0752. The molecule has 0 saturated heterocycles. The highest BCUT2D eigenvalue weighted by molar-refractivity contribution is 6.32. The molecule has 2 nitrogen and oxygen atoms in total. The molecule has 3 aromatic carbocycles. The van der Waals surface area contributed by atoms with Crippen molar-refractivity contribution in [3.63, 3.8) is 0 Å². The van der Waals surface area contributed by atoms with E-state index in [4.69, 9.17) is 16.3 Å². The largest absolute Gasteiger partial charge is 0.484 e. The monoisotopic (exact) mass is 322 g/mol. The van der Waals surface area contributed by atoms with Gasteiger partial charge in [0.05, 0.1) is 5.02 Å². The lowest BCUT2D eigenvalue weighted by molar-refractivity contribution is 0.0921. The molecular weight excluding hydrogens is 308 g/mol. The van der Waals surface area contributed by atoms with Crippen LogP contribution in [0, 0.1) is 0 Å². The summed E-state index contributed by atoms with van der Waals surface area (Å²) in [5.41, 5.74) is 2.73. The Labute approximate surface area is 140 Å². The van der Waals surface area contributed by atoms with Gasteiger partial charge in [-0.2, -0.15) is 0 Å². The molecule has 114 valence electrons. The molecule has 0 aliphatic heterocycles. The van der Waals surface area contributed by atoms with Gasteiger partial charge in [-0.05, 0) is 23.3 Å². The molecule has 3 heteroatoms. The molecule has 0 spiro atoms. The number of hydrogen-bond acceptors (Lipinski definition) is 2. The van der Waals surface area contributed by atoms with Gasteiger partial charge in [0.1, 0.15) is 5.75 Å². The molecule has 0 fully saturated rings. The highest BCUT2D eigenvalue weighted by Crippen LogP contribution is 2.30. The average molecular weight is 323 g/mol. The zero-order chi connectivity index (χ0) is 16.1. The normalized spacial score (nSPS) is 10.3. The summed E-state index contributed by atoms with van der Waals surface area (Å²) >= 11 is 6.27. The fraction of sp³-hybridized carbons (Fsp3) is 0.0500. The summed E-state index contributed by atoms with van der Waals surface area (Å²) in [5, 5.41) is 0.493. The van der Waals surface area contributed by atoms with Crippen LogP contribution in [0.4, 0.5) is 0 Å². The zero-order valence-corrected chi connectivity index (χ0v) is 13.2. The van der Waals surface area contributed by atoms with Crippen LogP contribution in [0.2, 0.25) is 5.02 Å². The van der Waals surface area contributed by atoms with E-state index >= 15 is 0 Å². The van der Waals surface area contributed by atoms with Gasteiger partial charge in [-0.15, -0.1) is 0 Å². The maximum Gasteiger partial charge on any atom is 0.200 e. The number of hydrogen-bond donors (Lipinski definition) is 0. The molecule has 3 aromatic rings. The Hall–Kier alpha value is -2.58. The zero-order valence-electron chi connectivity index (χ0n) is 12.4. The summed E-state index contributed by atoms with van der Waals surface area (Å²) in [4.78, 5) is 12.0. The molecule has 0 aromatic heterocycles. The van der Waals surface area contributed by atoms with Crippen molar-refractivity contribution in [3.8, 4) is 16.9 Å². The molecule has 0 aliphatic rings. The number of ketones is 1. The first-order chi connectivity index (χ1) is 11.2. The van der Waals surface area contributed by atoms with Crippen LogP contribution < -0.4 is 4.74 Å². The van der Waals surface area contributed by atoms with Crippen molar-refractivity contribution < 1.29 is 9.53 Å². The van der Waals surface area contributed by atoms with Crippen molar-refractivity contribution in [2.45, 2.75) is 0 Å². The molecule has 0 heterocycles. The van der Waals surface area contributed by atoms with Gasteiger partial charge >= 0.3 is 0 Å². The Morgan fingerprint density at radius 2 is 1.48 bits per heavy atom. The maximum atomic E-state index is 12.0. The second-order valence-electron chi connectivity index (χ2n) is 5.09. The van der Waals surface area contributed by atoms with Gasteiger partial charge in [0, 0.05) is 5.56 Å². The molecule has 0 aliphatic carbocycles. The van der Waals surface area contributed by atoms with Crippen LogP contribution in [-0.4, -0.2) is 12.4 Å². The first kappa shape index (κ1) is 15.3. The summed E-state index contributed by atoms with van der Waals surface area (Å²) in [6.45, 7) is -0.0333. The van der Waals surface area contributed by atoms with Crippen molar-refractivity contribution in [2.24, 2.45) is 0 Å². The van der Waals surface area contributed by atoms with Gasteiger partial charge in [0.15, 0.2) is 12.4 Å². The second-order valence-corrected chi connectivity index (χ2v) is 5.50. The van der Waals surface area contributed by atoms with E-state index in [2.05, 4.69) is 0 Å². The van der Waals surface area contributed by atoms with E-state index in [9.17, 15) is 4.79 Å². The van der Waals surface area contributed by atoms with Crippen molar-refractivity contribution >= 4 is 17.4 Å². The second kappa shape index (κ2) is 7.12. The number of ether oxygens (including phenoxy) is 1. The Bertz CT molecular complexity index is 798. The summed E-state index contributed by atoms with van der Waals surface area (Å²) in [5.74, 6) is 0.435. The molecular formula is C20H15ClO2. The SMILES string of the molecule is O=C(COc1ccc(-c2ccccc2)cc1Cl)c1ccccc1. The number of benzene rings is 3. The predicted octanol–water partition coefficient (Wildman–Crippen LogP) is 5.27. The fourth-order valence-electron chi connectivity index (χ4n) is 2.28. The van der Waals surface area contributed by atoms with Crippen LogP contribution in [0.3, 0.4) is 0 Å². The quantitative estimate of drug-likeness (QED) is 0.598. The maximum absolute atomic E-state index is 12.0. The molecule has 0 N–H and O–H groups in total. The van der Waals surface area contributed by atoms with E-state index < -0.39 is 0 Å². The molecule has 0 amide bonds. The molecule has 23 heavy (non-hydrogen) atoms. The standard InChI is InChI=1S/C20H15ClO2/c21-18-13-17(15-7-3-1-4-8-15)11-12-20(18)23-14-19(22)16-9-5-2-6-10-16/h1-13H,14H2. The number of Topliss-reactive ketones (excluding diaryl/α,β-unsaturated/α-hetero) is 1. The highest BCUT2D eigenvalue weighted by atomic mass is 35.5. The first-order valence-electron chi connectivity index (χ1n) is 7.30. The third kappa shape index (κ3) is 3.79. The van der Waals surface area contributed by atoms with Gasteiger partial charge in [-0.3, -0.25) is 4.79 Å². The number of carbonyl (C=O) groups excluding carboxylic acids is 1. The topological polar surface area (TPSA) is 26.3 Å². The first-order valence-corrected chi connectivity index (χ1v) is 7.68. The van der Waals surface area contributed by atoms with Gasteiger partial charge in [-0.25, -0.2) is 0 Å². The Morgan fingerprint density at radius 1 is 0.826 bits per heavy atom. The Balaban J connectivity index is 1.71. The van der Waals surface area contributed by atoms with Crippen molar-refractivity contribution in [1.82, 2.24) is 0 Å². The smallest absolute Gasteiger partial charge is 0.200 e. The van der Waals surface area contributed by atoms with E-state index in [1.165, 1.54) is 0 Å². The Kier molecular flexibility index (Phi) is 4.74. The van der Waals surface area contributed by atoms with Gasteiger partial charge in [-0.1, -0.05) is 78.3 Å². The van der Waals surface area contributed by atoms with Crippen LogP contribution in [0.1, 0.15) is 10.4 Å². The average Bonchev–Trinajstić information content (AvgIpc) is 2.62. The predicted molar refractivity (Wildman–Crippen MR) is 93.2 cm³/mol. The third-order valence-corrected chi connectivity index (χ3v) is 3.79. The Morgan fingerprint density at radius 3 is 2.13 bits per heavy atom. The lowest BCUT2D eigenvalue weighted by Gasteiger charge is -2.09. The molecule has 0 unspecified atom stereocenters. The van der Waals surface area contributed by atoms with E-state index in [0.29, 0.717) is 16.3 Å². The minimum absolute atomic E-state index is 0.0333. The summed E-state index contributed by atoms with van der Waals surface area (Å²) in [6, 6.07) is 24.6. The number of rotatable bonds is 5. The summed E-state index contributed by atoms with van der Waals surface area (Å²) in [7, 11) is 0. The van der Waals surface area contributed by atoms with E-state index in [0.717, 1.165) is 11.1 Å². The summed E-state index contributed by atoms with van der Waals surface area (Å²) < 4.78 is 5.56. The van der Waals surface area contributed by atoms with Crippen LogP contribution >= 0.6 is 11.6 Å². The van der Waals surface area contributed by atoms with Crippen molar-refractivity contribution in [2.75, 3.05) is 6.61 Å². The van der Waals surface area contributed by atoms with Crippen LogP contribution in [-0.2, 0) is 0 Å². The van der Waals surface area contributed by atoms with Gasteiger partial charge in [0.25, 0.3) is 0 Å². The number of halogens is 1. The fourth-order valence-corrected chi connectivity index (χ4v) is 2.51. The van der Waals surface area contributed by atoms with Gasteiger partial charge < -0.3 is 4.74 Å². The van der Waals surface area contributed by atoms with Crippen molar-refractivity contribution in [1.29, 1.82) is 0 Å². The van der Waals surface area contributed by atoms with Crippen molar-refractivity contribution in [3.05, 3.63) is 89.4 Å². The van der Waals surface area contributed by atoms with E-state index in [1.807, 2.05) is 60.7 Å². The molecule has 0 atom stereocenters. The van der Waals surface area contributed by atoms with Gasteiger partial charge in [0.2, 0.25) is 0 Å². The summed E-state index contributed by atoms with van der Waals surface area (Å²) in [6.07, 6.45) is 0. The van der Waals surface area contributed by atoms with E-state index in [1.54, 1.807) is 18.2 Å². The molecule has 0 bridgehead atoms.